The quantitative estimate of drug-likeness (QED) is 0.535. The lowest BCUT2D eigenvalue weighted by molar-refractivity contribution is -0.128. The third-order valence-electron chi connectivity index (χ3n) is 7.04. The van der Waals surface area contributed by atoms with Crippen molar-refractivity contribution in [2.24, 2.45) is 0 Å². The summed E-state index contributed by atoms with van der Waals surface area (Å²) in [6, 6.07) is 14.8. The van der Waals surface area contributed by atoms with Crippen molar-refractivity contribution in [1.29, 1.82) is 0 Å². The van der Waals surface area contributed by atoms with Crippen molar-refractivity contribution < 1.29 is 32.7 Å². The first kappa shape index (κ1) is 25.5. The Morgan fingerprint density at radius 2 is 1.79 bits per heavy atom. The Hall–Kier alpha value is -4.18. The number of carbonyl (C=O) groups excluding carboxylic acids is 3. The molecule has 2 fully saturated rings. The number of nitrogens with zero attached hydrogens (tertiary/aromatic N) is 2. The summed E-state index contributed by atoms with van der Waals surface area (Å²) in [7, 11) is 1.52. The summed E-state index contributed by atoms with van der Waals surface area (Å²) in [4.78, 5) is 43.3. The van der Waals surface area contributed by atoms with Gasteiger partial charge in [0.05, 0.1) is 26.5 Å². The van der Waals surface area contributed by atoms with Crippen LogP contribution in [0.2, 0.25) is 0 Å². The number of likely N-dealkylation sites (tertiary alicyclic amines) is 1. The third-order valence-corrected chi connectivity index (χ3v) is 7.04. The Bertz CT molecular complexity index is 1300. The molecular weight excluding hydrogens is 493 g/mol. The zero-order valence-electron chi connectivity index (χ0n) is 20.9. The zero-order chi connectivity index (χ0) is 26.7. The van der Waals surface area contributed by atoms with E-state index in [9.17, 15) is 18.8 Å². The van der Waals surface area contributed by atoms with Crippen LogP contribution in [0.15, 0.2) is 71.3 Å². The molecule has 0 aliphatic carbocycles. The van der Waals surface area contributed by atoms with Crippen LogP contribution in [-0.2, 0) is 16.1 Å². The van der Waals surface area contributed by atoms with Gasteiger partial charge in [-0.2, -0.15) is 0 Å². The van der Waals surface area contributed by atoms with E-state index in [-0.39, 0.29) is 30.9 Å². The monoisotopic (exact) mass is 521 g/mol. The summed E-state index contributed by atoms with van der Waals surface area (Å²) in [6.45, 7) is 0.805. The SMILES string of the molecule is COc1cccc(C(=O)N2[C@@H](C(=O)NCc3ccco3)COC23CCN(C(=O)c2ccc(F)cc2)CC3)c1. The van der Waals surface area contributed by atoms with E-state index >= 15 is 0 Å². The van der Waals surface area contributed by atoms with Crippen LogP contribution in [0.1, 0.15) is 39.3 Å². The molecule has 5 rings (SSSR count). The molecule has 3 heterocycles. The van der Waals surface area contributed by atoms with E-state index in [1.54, 1.807) is 41.3 Å². The summed E-state index contributed by atoms with van der Waals surface area (Å²) in [5.74, 6) is -0.260. The van der Waals surface area contributed by atoms with Crippen molar-refractivity contribution in [3.05, 3.63) is 89.6 Å². The number of hydrogen-bond donors (Lipinski definition) is 1. The average molecular weight is 522 g/mol. The number of nitrogens with one attached hydrogen (secondary N) is 1. The lowest BCUT2D eigenvalue weighted by Gasteiger charge is -2.44. The third kappa shape index (κ3) is 4.99. The minimum atomic E-state index is -1.06. The molecule has 0 radical (unpaired) electrons. The second-order valence-electron chi connectivity index (χ2n) is 9.28. The summed E-state index contributed by atoms with van der Waals surface area (Å²) >= 11 is 0. The second kappa shape index (κ2) is 10.7. The fourth-order valence-corrected chi connectivity index (χ4v) is 5.00. The molecule has 3 aromatic rings. The van der Waals surface area contributed by atoms with Crippen LogP contribution in [0.3, 0.4) is 0 Å². The van der Waals surface area contributed by atoms with E-state index in [1.807, 2.05) is 0 Å². The van der Waals surface area contributed by atoms with Gasteiger partial charge in [0.25, 0.3) is 11.8 Å². The highest BCUT2D eigenvalue weighted by Crippen LogP contribution is 2.39. The molecule has 2 aromatic carbocycles. The van der Waals surface area contributed by atoms with Gasteiger partial charge in [-0.3, -0.25) is 19.3 Å². The Balaban J connectivity index is 1.37. The largest absolute Gasteiger partial charge is 0.497 e. The summed E-state index contributed by atoms with van der Waals surface area (Å²) in [6.07, 6.45) is 2.16. The topological polar surface area (TPSA) is 101 Å². The average Bonchev–Trinajstić information content (AvgIpc) is 3.60. The molecule has 9 nitrogen and oxygen atoms in total. The minimum Gasteiger partial charge on any atom is -0.497 e. The van der Waals surface area contributed by atoms with Gasteiger partial charge in [-0.25, -0.2) is 4.39 Å². The van der Waals surface area contributed by atoms with Crippen LogP contribution in [0.4, 0.5) is 4.39 Å². The number of halogens is 1. The normalized spacial score (nSPS) is 18.4. The molecule has 2 saturated heterocycles. The highest BCUT2D eigenvalue weighted by atomic mass is 19.1. The molecule has 2 aliphatic rings. The Kier molecular flexibility index (Phi) is 7.15. The maximum atomic E-state index is 13.9. The van der Waals surface area contributed by atoms with Gasteiger partial charge in [0, 0.05) is 37.1 Å². The van der Waals surface area contributed by atoms with Crippen molar-refractivity contribution in [1.82, 2.24) is 15.1 Å². The lowest BCUT2D eigenvalue weighted by atomic mass is 9.96. The van der Waals surface area contributed by atoms with E-state index < -0.39 is 17.6 Å². The van der Waals surface area contributed by atoms with Crippen molar-refractivity contribution in [2.45, 2.75) is 31.2 Å². The molecule has 0 saturated carbocycles. The van der Waals surface area contributed by atoms with Crippen LogP contribution in [0.25, 0.3) is 0 Å². The van der Waals surface area contributed by atoms with E-state index in [2.05, 4.69) is 5.32 Å². The fourth-order valence-electron chi connectivity index (χ4n) is 5.00. The summed E-state index contributed by atoms with van der Waals surface area (Å²) < 4.78 is 30.1. The number of ether oxygens (including phenoxy) is 2. The van der Waals surface area contributed by atoms with Crippen LogP contribution >= 0.6 is 0 Å². The van der Waals surface area contributed by atoms with Gasteiger partial charge in [-0.05, 0) is 54.6 Å². The molecule has 198 valence electrons. The first-order chi connectivity index (χ1) is 18.4. The predicted molar refractivity (Wildman–Crippen MR) is 134 cm³/mol. The Labute approximate surface area is 219 Å². The highest BCUT2D eigenvalue weighted by Gasteiger charge is 2.54. The molecule has 0 unspecified atom stereocenters. The Morgan fingerprint density at radius 1 is 1.03 bits per heavy atom. The van der Waals surface area contributed by atoms with Crippen molar-refractivity contribution in [2.75, 3.05) is 26.8 Å². The lowest BCUT2D eigenvalue weighted by Crippen LogP contribution is -2.59. The molecule has 0 bridgehead atoms. The van der Waals surface area contributed by atoms with E-state index in [4.69, 9.17) is 13.9 Å². The molecule has 1 aromatic heterocycles. The maximum absolute atomic E-state index is 13.9. The van der Waals surface area contributed by atoms with Gasteiger partial charge in [-0.15, -0.1) is 0 Å². The first-order valence-corrected chi connectivity index (χ1v) is 12.4. The molecule has 1 atom stereocenters. The van der Waals surface area contributed by atoms with Gasteiger partial charge in [0.15, 0.2) is 0 Å². The zero-order valence-corrected chi connectivity index (χ0v) is 20.9. The molecule has 1 spiro atoms. The minimum absolute atomic E-state index is 0.0194. The predicted octanol–water partition coefficient (Wildman–Crippen LogP) is 3.22. The Morgan fingerprint density at radius 3 is 2.47 bits per heavy atom. The highest BCUT2D eigenvalue weighted by molar-refractivity contribution is 5.99. The number of carbonyl (C=O) groups is 3. The number of benzene rings is 2. The first-order valence-electron chi connectivity index (χ1n) is 12.4. The number of rotatable bonds is 6. The fraction of sp³-hybridized carbons (Fsp3) is 0.321. The maximum Gasteiger partial charge on any atom is 0.257 e. The molecular formula is C28H28FN3O6. The van der Waals surface area contributed by atoms with Gasteiger partial charge < -0.3 is 24.1 Å². The van der Waals surface area contributed by atoms with Crippen molar-refractivity contribution in [3.63, 3.8) is 0 Å². The van der Waals surface area contributed by atoms with Crippen LogP contribution in [-0.4, -0.2) is 66.1 Å². The summed E-state index contributed by atoms with van der Waals surface area (Å²) in [5, 5.41) is 2.83. The van der Waals surface area contributed by atoms with Crippen LogP contribution < -0.4 is 10.1 Å². The molecule has 38 heavy (non-hydrogen) atoms. The van der Waals surface area contributed by atoms with Gasteiger partial charge in [0.2, 0.25) is 5.91 Å². The molecule has 1 N–H and O–H groups in total. The van der Waals surface area contributed by atoms with Gasteiger partial charge in [-0.1, -0.05) is 6.07 Å². The van der Waals surface area contributed by atoms with Gasteiger partial charge in [0.1, 0.15) is 29.1 Å². The number of hydrogen-bond acceptors (Lipinski definition) is 6. The number of methoxy groups -OCH3 is 1. The second-order valence-corrected chi connectivity index (χ2v) is 9.28. The number of amides is 3. The number of piperidine rings is 1. The molecule has 3 amide bonds. The van der Waals surface area contributed by atoms with E-state index in [0.717, 1.165) is 0 Å². The van der Waals surface area contributed by atoms with Gasteiger partial charge >= 0.3 is 0 Å². The number of furan rings is 1. The van der Waals surface area contributed by atoms with Crippen LogP contribution in [0.5, 0.6) is 5.75 Å². The molecule has 10 heteroatoms. The summed E-state index contributed by atoms with van der Waals surface area (Å²) in [5.41, 5.74) is -0.316. The van der Waals surface area contributed by atoms with Crippen LogP contribution in [0, 0.1) is 5.82 Å². The van der Waals surface area contributed by atoms with Crippen molar-refractivity contribution in [3.8, 4) is 5.75 Å². The standard InChI is InChI=1S/C28H28FN3O6/c1-36-22-5-2-4-20(16-22)27(35)32-24(25(33)30-17-23-6-3-15-37-23)18-38-28(32)11-13-31(14-12-28)26(34)19-7-9-21(29)10-8-19/h2-10,15-16,24H,11-14,17-18H2,1H3,(H,30,33)/t24-/m1/s1. The van der Waals surface area contributed by atoms with E-state index in [1.165, 1.54) is 42.5 Å². The molecule has 2 aliphatic heterocycles. The smallest absolute Gasteiger partial charge is 0.257 e. The van der Waals surface area contributed by atoms with E-state index in [0.29, 0.717) is 48.6 Å². The van der Waals surface area contributed by atoms with Crippen molar-refractivity contribution >= 4 is 17.7 Å².